The van der Waals surface area contributed by atoms with Gasteiger partial charge in [-0.2, -0.15) is 0 Å². The van der Waals surface area contributed by atoms with Gasteiger partial charge in [0.1, 0.15) is 23.9 Å². The lowest BCUT2D eigenvalue weighted by atomic mass is 10.0. The van der Waals surface area contributed by atoms with Crippen molar-refractivity contribution in [2.45, 2.75) is 43.9 Å². The fourth-order valence-corrected chi connectivity index (χ4v) is 2.49. The normalized spacial score (nSPS) is 14.3. The fraction of sp³-hybridized carbons (Fsp3) is 0.421. The Morgan fingerprint density at radius 2 is 1.38 bits per heavy atom. The van der Waals surface area contributed by atoms with Gasteiger partial charge in [0.15, 0.2) is 0 Å². The van der Waals surface area contributed by atoms with E-state index >= 15 is 0 Å². The number of carboxylic acid groups (broad SMARTS) is 2. The summed E-state index contributed by atoms with van der Waals surface area (Å²) < 4.78 is 0. The van der Waals surface area contributed by atoms with E-state index in [2.05, 4.69) is 16.0 Å². The molecule has 32 heavy (non-hydrogen) atoms. The number of benzene rings is 1. The van der Waals surface area contributed by atoms with Gasteiger partial charge in [-0.1, -0.05) is 12.1 Å². The first-order chi connectivity index (χ1) is 14.9. The molecule has 1 aromatic rings. The Hall–Kier alpha value is -3.71. The minimum Gasteiger partial charge on any atom is -0.508 e. The largest absolute Gasteiger partial charge is 0.508 e. The molecule has 0 spiro atoms. The molecule has 0 saturated carbocycles. The van der Waals surface area contributed by atoms with Gasteiger partial charge in [0.05, 0.1) is 19.1 Å². The minimum atomic E-state index is -1.69. The highest BCUT2D eigenvalue weighted by molar-refractivity contribution is 5.95. The number of aliphatic hydroxyl groups is 1. The van der Waals surface area contributed by atoms with E-state index in [1.54, 1.807) is 0 Å². The molecule has 0 radical (unpaired) electrons. The molecule has 0 fully saturated rings. The highest BCUT2D eigenvalue weighted by atomic mass is 16.4. The maximum absolute atomic E-state index is 12.6. The number of phenolic OH excluding ortho intramolecular Hbond substituents is 1. The minimum absolute atomic E-state index is 0.0385. The second-order valence-electron chi connectivity index (χ2n) is 6.96. The third kappa shape index (κ3) is 8.57. The third-order valence-electron chi connectivity index (χ3n) is 4.23. The van der Waals surface area contributed by atoms with Crippen LogP contribution in [0, 0.1) is 0 Å². The number of nitrogens with two attached hydrogens (primary N) is 1. The molecule has 0 aromatic heterocycles. The molecule has 0 saturated heterocycles. The molecule has 0 aliphatic rings. The fourth-order valence-electron chi connectivity index (χ4n) is 2.49. The number of aliphatic hydroxyl groups excluding tert-OH is 1. The molecule has 13 nitrogen and oxygen atoms in total. The van der Waals surface area contributed by atoms with Crippen LogP contribution in [0.3, 0.4) is 0 Å². The van der Waals surface area contributed by atoms with Gasteiger partial charge in [0, 0.05) is 6.42 Å². The van der Waals surface area contributed by atoms with Crippen molar-refractivity contribution >= 4 is 29.7 Å². The molecule has 4 atom stereocenters. The number of aliphatic carboxylic acids is 2. The Morgan fingerprint density at radius 1 is 0.875 bits per heavy atom. The monoisotopic (exact) mass is 454 g/mol. The van der Waals surface area contributed by atoms with E-state index in [0.717, 1.165) is 0 Å². The molecule has 0 heterocycles. The van der Waals surface area contributed by atoms with Gasteiger partial charge in [-0.25, -0.2) is 4.79 Å². The molecule has 0 aliphatic heterocycles. The lowest BCUT2D eigenvalue weighted by Crippen LogP contribution is -2.58. The van der Waals surface area contributed by atoms with Crippen LogP contribution in [0.4, 0.5) is 0 Å². The summed E-state index contributed by atoms with van der Waals surface area (Å²) in [6.07, 6.45) is -1.07. The smallest absolute Gasteiger partial charge is 0.326 e. The third-order valence-corrected chi connectivity index (χ3v) is 4.23. The first-order valence-electron chi connectivity index (χ1n) is 9.44. The van der Waals surface area contributed by atoms with Gasteiger partial charge < -0.3 is 42.1 Å². The molecule has 176 valence electrons. The number of carbonyl (C=O) groups is 5. The van der Waals surface area contributed by atoms with Crippen LogP contribution in [-0.2, 0) is 30.4 Å². The van der Waals surface area contributed by atoms with Crippen LogP contribution in [0.1, 0.15) is 18.9 Å². The van der Waals surface area contributed by atoms with E-state index in [-0.39, 0.29) is 12.2 Å². The van der Waals surface area contributed by atoms with E-state index < -0.39 is 66.9 Å². The summed E-state index contributed by atoms with van der Waals surface area (Å²) in [4.78, 5) is 59.2. The van der Waals surface area contributed by atoms with Crippen LogP contribution in [-0.4, -0.2) is 80.9 Å². The standard InChI is InChI=1S/C19H26N4O9/c1-9(20)16(28)23-14(8-24)18(30)21-12(7-15(26)27)17(29)22-13(19(31)32)6-10-2-4-11(25)5-3-10/h2-5,9,12-14,24-25H,6-8,20H2,1H3,(H,21,30)(H,22,29)(H,23,28)(H,26,27)(H,31,32). The van der Waals surface area contributed by atoms with E-state index in [1.807, 2.05) is 0 Å². The van der Waals surface area contributed by atoms with Crippen LogP contribution < -0.4 is 21.7 Å². The quantitative estimate of drug-likeness (QED) is 0.163. The van der Waals surface area contributed by atoms with E-state index in [4.69, 9.17) is 10.8 Å². The second kappa shape index (κ2) is 12.2. The van der Waals surface area contributed by atoms with Crippen LogP contribution in [0.5, 0.6) is 5.75 Å². The van der Waals surface area contributed by atoms with E-state index in [9.17, 15) is 39.3 Å². The molecular formula is C19H26N4O9. The zero-order valence-corrected chi connectivity index (χ0v) is 17.1. The Balaban J connectivity index is 2.93. The van der Waals surface area contributed by atoms with Gasteiger partial charge in [-0.15, -0.1) is 0 Å². The van der Waals surface area contributed by atoms with E-state index in [0.29, 0.717) is 5.56 Å². The van der Waals surface area contributed by atoms with Crippen LogP contribution >= 0.6 is 0 Å². The second-order valence-corrected chi connectivity index (χ2v) is 6.96. The number of amides is 3. The van der Waals surface area contributed by atoms with Crippen molar-refractivity contribution in [1.82, 2.24) is 16.0 Å². The summed E-state index contributed by atoms with van der Waals surface area (Å²) in [5.74, 6) is -5.84. The van der Waals surface area contributed by atoms with Crippen molar-refractivity contribution in [3.05, 3.63) is 29.8 Å². The lowest BCUT2D eigenvalue weighted by molar-refractivity contribution is -0.143. The Kier molecular flexibility index (Phi) is 10.1. The summed E-state index contributed by atoms with van der Waals surface area (Å²) in [7, 11) is 0. The molecule has 1 aromatic carbocycles. The number of carboxylic acids is 2. The van der Waals surface area contributed by atoms with Gasteiger partial charge >= 0.3 is 11.9 Å². The topological polar surface area (TPSA) is 228 Å². The zero-order chi connectivity index (χ0) is 24.4. The highest BCUT2D eigenvalue weighted by Gasteiger charge is 2.31. The van der Waals surface area contributed by atoms with Crippen molar-refractivity contribution in [3.63, 3.8) is 0 Å². The predicted molar refractivity (Wildman–Crippen MR) is 108 cm³/mol. The van der Waals surface area contributed by atoms with Crippen molar-refractivity contribution in [3.8, 4) is 5.75 Å². The molecule has 3 amide bonds. The maximum Gasteiger partial charge on any atom is 0.326 e. The van der Waals surface area contributed by atoms with Crippen molar-refractivity contribution < 1.29 is 44.4 Å². The van der Waals surface area contributed by atoms with Crippen molar-refractivity contribution in [2.75, 3.05) is 6.61 Å². The molecule has 1 rings (SSSR count). The zero-order valence-electron chi connectivity index (χ0n) is 17.1. The lowest BCUT2D eigenvalue weighted by Gasteiger charge is -2.23. The summed E-state index contributed by atoms with van der Waals surface area (Å²) in [6, 6.07) is -0.114. The maximum atomic E-state index is 12.6. The van der Waals surface area contributed by atoms with Gasteiger partial charge in [0.25, 0.3) is 0 Å². The molecule has 4 unspecified atom stereocenters. The van der Waals surface area contributed by atoms with Crippen molar-refractivity contribution in [1.29, 1.82) is 0 Å². The summed E-state index contributed by atoms with van der Waals surface area (Å²) in [5, 5.41) is 43.5. The summed E-state index contributed by atoms with van der Waals surface area (Å²) in [6.45, 7) is 0.479. The summed E-state index contributed by atoms with van der Waals surface area (Å²) >= 11 is 0. The summed E-state index contributed by atoms with van der Waals surface area (Å²) in [5.41, 5.74) is 5.84. The number of rotatable bonds is 12. The number of aromatic hydroxyl groups is 1. The van der Waals surface area contributed by atoms with Crippen molar-refractivity contribution in [2.24, 2.45) is 5.73 Å². The molecule has 13 heteroatoms. The molecular weight excluding hydrogens is 428 g/mol. The van der Waals surface area contributed by atoms with Crippen LogP contribution in [0.25, 0.3) is 0 Å². The molecule has 9 N–H and O–H groups in total. The number of phenols is 1. The first-order valence-corrected chi connectivity index (χ1v) is 9.44. The number of hydrogen-bond acceptors (Lipinski definition) is 8. The number of hydrogen-bond donors (Lipinski definition) is 8. The Labute approximate surface area is 182 Å². The average Bonchev–Trinajstić information content (AvgIpc) is 2.71. The SMILES string of the molecule is CC(N)C(=O)NC(CO)C(=O)NC(CC(=O)O)C(=O)NC(Cc1ccc(O)cc1)C(=O)O. The predicted octanol–water partition coefficient (Wildman–Crippen LogP) is -2.71. The first kappa shape index (κ1) is 26.3. The Morgan fingerprint density at radius 3 is 1.84 bits per heavy atom. The Bertz CT molecular complexity index is 842. The van der Waals surface area contributed by atoms with Crippen LogP contribution in [0.2, 0.25) is 0 Å². The highest BCUT2D eigenvalue weighted by Crippen LogP contribution is 2.11. The molecule has 0 aliphatic carbocycles. The van der Waals surface area contributed by atoms with Gasteiger partial charge in [-0.05, 0) is 24.6 Å². The number of carbonyl (C=O) groups excluding carboxylic acids is 3. The van der Waals surface area contributed by atoms with Gasteiger partial charge in [0.2, 0.25) is 17.7 Å². The molecule has 0 bridgehead atoms. The average molecular weight is 454 g/mol. The number of nitrogens with one attached hydrogen (secondary N) is 3. The van der Waals surface area contributed by atoms with Gasteiger partial charge in [-0.3, -0.25) is 19.2 Å². The van der Waals surface area contributed by atoms with E-state index in [1.165, 1.54) is 31.2 Å². The van der Waals surface area contributed by atoms with Crippen LogP contribution in [0.15, 0.2) is 24.3 Å².